The van der Waals surface area contributed by atoms with E-state index >= 15 is 0 Å². The lowest BCUT2D eigenvalue weighted by atomic mass is 10.0. The monoisotopic (exact) mass is 553 g/mol. The minimum Gasteiger partial charge on any atom is -0.489 e. The first kappa shape index (κ1) is 27.0. The number of thiazole rings is 1. The predicted molar refractivity (Wildman–Crippen MR) is 151 cm³/mol. The summed E-state index contributed by atoms with van der Waals surface area (Å²) >= 11 is 1.53. The van der Waals surface area contributed by atoms with Gasteiger partial charge in [-0.2, -0.15) is 0 Å². The summed E-state index contributed by atoms with van der Waals surface area (Å²) in [6, 6.07) is 7.97. The highest BCUT2D eigenvalue weighted by Gasteiger charge is 2.29. The molecule has 0 saturated carbocycles. The summed E-state index contributed by atoms with van der Waals surface area (Å²) in [5.41, 5.74) is 4.62. The van der Waals surface area contributed by atoms with Gasteiger partial charge in [0.15, 0.2) is 0 Å². The lowest BCUT2D eigenvalue weighted by molar-refractivity contribution is -0.119. The molecule has 11 heteroatoms. The highest BCUT2D eigenvalue weighted by atomic mass is 32.1. The average molecular weight is 554 g/mol. The van der Waals surface area contributed by atoms with Crippen molar-refractivity contribution in [3.05, 3.63) is 29.8 Å². The van der Waals surface area contributed by atoms with Crippen LogP contribution in [0.3, 0.4) is 0 Å². The van der Waals surface area contributed by atoms with Gasteiger partial charge in [0.2, 0.25) is 11.8 Å². The number of fused-ring (bicyclic) bond motifs is 1. The fraction of sp³-hybridized carbons (Fsp3) is 0.500. The Morgan fingerprint density at radius 3 is 2.62 bits per heavy atom. The van der Waals surface area contributed by atoms with Crippen molar-refractivity contribution < 1.29 is 23.8 Å². The van der Waals surface area contributed by atoms with E-state index in [4.69, 9.17) is 19.2 Å². The maximum atomic E-state index is 12.5. The number of pyridine rings is 1. The van der Waals surface area contributed by atoms with E-state index in [1.165, 1.54) is 11.3 Å². The second kappa shape index (κ2) is 10.9. The Balaban J connectivity index is 1.34. The Morgan fingerprint density at radius 1 is 1.18 bits per heavy atom. The van der Waals surface area contributed by atoms with Crippen LogP contribution in [0.25, 0.3) is 21.5 Å². The molecule has 2 fully saturated rings. The predicted octanol–water partition coefficient (Wildman–Crippen LogP) is 4.33. The summed E-state index contributed by atoms with van der Waals surface area (Å²) in [5.74, 6) is 1.44. The number of nitrogens with one attached hydrogen (secondary N) is 1. The van der Waals surface area contributed by atoms with Crippen molar-refractivity contribution in [1.29, 1.82) is 0 Å². The molecular formula is C28H35N5O5S. The van der Waals surface area contributed by atoms with Gasteiger partial charge in [0.1, 0.15) is 23.1 Å². The minimum atomic E-state index is -0.519. The number of amides is 2. The van der Waals surface area contributed by atoms with E-state index in [2.05, 4.69) is 15.2 Å². The zero-order valence-electron chi connectivity index (χ0n) is 23.0. The van der Waals surface area contributed by atoms with Crippen molar-refractivity contribution in [3.8, 4) is 22.9 Å². The van der Waals surface area contributed by atoms with Crippen molar-refractivity contribution >= 4 is 39.2 Å². The lowest BCUT2D eigenvalue weighted by Gasteiger charge is -2.37. The summed E-state index contributed by atoms with van der Waals surface area (Å²) in [5, 5.41) is 2.89. The summed E-state index contributed by atoms with van der Waals surface area (Å²) in [7, 11) is 1.61. The van der Waals surface area contributed by atoms with Crippen LogP contribution >= 0.6 is 11.3 Å². The molecule has 3 aromatic rings. The zero-order valence-corrected chi connectivity index (χ0v) is 23.8. The molecule has 5 rings (SSSR count). The third-order valence-electron chi connectivity index (χ3n) is 6.98. The molecule has 208 valence electrons. The zero-order chi connectivity index (χ0) is 27.7. The highest BCUT2D eigenvalue weighted by molar-refractivity contribution is 7.17. The van der Waals surface area contributed by atoms with Crippen LogP contribution in [0.15, 0.2) is 29.8 Å². The number of ether oxygens (including phenoxy) is 3. The minimum absolute atomic E-state index is 0.0646. The Hall–Kier alpha value is -3.60. The molecule has 2 aliphatic heterocycles. The van der Waals surface area contributed by atoms with Crippen LogP contribution in [-0.4, -0.2) is 78.4 Å². The highest BCUT2D eigenvalue weighted by Crippen LogP contribution is 2.37. The molecule has 0 radical (unpaired) electrons. The van der Waals surface area contributed by atoms with Crippen molar-refractivity contribution in [2.75, 3.05) is 44.7 Å². The number of aromatic nitrogens is 2. The van der Waals surface area contributed by atoms with Crippen LogP contribution in [-0.2, 0) is 9.53 Å². The smallest absolute Gasteiger partial charge is 0.410 e. The van der Waals surface area contributed by atoms with Gasteiger partial charge in [-0.25, -0.2) is 14.8 Å². The van der Waals surface area contributed by atoms with Gasteiger partial charge in [0, 0.05) is 50.6 Å². The average Bonchev–Trinajstić information content (AvgIpc) is 3.56. The van der Waals surface area contributed by atoms with E-state index in [9.17, 15) is 9.59 Å². The summed E-state index contributed by atoms with van der Waals surface area (Å²) in [6.07, 6.45) is 0.0516. The lowest BCUT2D eigenvalue weighted by Crippen LogP contribution is -2.50. The molecule has 0 aliphatic carbocycles. The van der Waals surface area contributed by atoms with Gasteiger partial charge in [-0.1, -0.05) is 0 Å². The van der Waals surface area contributed by atoms with E-state index in [0.29, 0.717) is 45.0 Å². The number of carbonyl (C=O) groups excluding carboxylic acids is 2. The molecule has 1 unspecified atom stereocenters. The van der Waals surface area contributed by atoms with Gasteiger partial charge < -0.3 is 29.3 Å². The molecule has 0 spiro atoms. The fourth-order valence-corrected chi connectivity index (χ4v) is 5.60. The van der Waals surface area contributed by atoms with Gasteiger partial charge in [-0.15, -0.1) is 11.3 Å². The Labute approximate surface area is 232 Å². The number of carbonyl (C=O) groups is 2. The van der Waals surface area contributed by atoms with E-state index < -0.39 is 5.60 Å². The van der Waals surface area contributed by atoms with E-state index in [-0.39, 0.29) is 24.0 Å². The van der Waals surface area contributed by atoms with Crippen LogP contribution in [0.5, 0.6) is 11.6 Å². The molecule has 4 heterocycles. The third kappa shape index (κ3) is 6.03. The van der Waals surface area contributed by atoms with Crippen molar-refractivity contribution in [1.82, 2.24) is 20.2 Å². The molecule has 2 aliphatic rings. The van der Waals surface area contributed by atoms with Crippen molar-refractivity contribution in [3.63, 3.8) is 0 Å². The second-order valence-corrected chi connectivity index (χ2v) is 11.8. The molecule has 2 amide bonds. The molecular weight excluding hydrogens is 518 g/mol. The first-order valence-electron chi connectivity index (χ1n) is 13.2. The Morgan fingerprint density at radius 2 is 1.95 bits per heavy atom. The largest absolute Gasteiger partial charge is 0.489 e. The molecule has 1 N–H and O–H groups in total. The topological polar surface area (TPSA) is 106 Å². The fourth-order valence-electron chi connectivity index (χ4n) is 4.87. The number of piperazine rings is 1. The number of hydrogen-bond donors (Lipinski definition) is 1. The van der Waals surface area contributed by atoms with Crippen LogP contribution in [0.1, 0.15) is 34.1 Å². The first-order valence-corrected chi connectivity index (χ1v) is 14.1. The van der Waals surface area contributed by atoms with Crippen LogP contribution in [0, 0.1) is 5.92 Å². The number of hydrogen-bond acceptors (Lipinski definition) is 9. The number of rotatable bonds is 6. The van der Waals surface area contributed by atoms with E-state index in [1.54, 1.807) is 17.5 Å². The van der Waals surface area contributed by atoms with Gasteiger partial charge in [-0.05, 0) is 52.0 Å². The molecule has 2 atom stereocenters. The summed E-state index contributed by atoms with van der Waals surface area (Å²) in [6.45, 7) is 10.7. The first-order chi connectivity index (χ1) is 18.6. The molecule has 2 saturated heterocycles. The molecule has 10 nitrogen and oxygen atoms in total. The number of anilines is 1. The van der Waals surface area contributed by atoms with Gasteiger partial charge in [-0.3, -0.25) is 4.79 Å². The maximum absolute atomic E-state index is 12.5. The third-order valence-corrected chi connectivity index (χ3v) is 7.84. The molecule has 1 aromatic carbocycles. The normalized spacial score (nSPS) is 18.7. The maximum Gasteiger partial charge on any atom is 0.410 e. The van der Waals surface area contributed by atoms with Crippen molar-refractivity contribution in [2.45, 2.75) is 45.8 Å². The van der Waals surface area contributed by atoms with Crippen LogP contribution in [0.4, 0.5) is 10.5 Å². The van der Waals surface area contributed by atoms with Gasteiger partial charge in [0.25, 0.3) is 0 Å². The van der Waals surface area contributed by atoms with Gasteiger partial charge >= 0.3 is 6.09 Å². The van der Waals surface area contributed by atoms with Crippen LogP contribution < -0.4 is 19.7 Å². The Kier molecular flexibility index (Phi) is 7.53. The van der Waals surface area contributed by atoms with E-state index in [0.717, 1.165) is 32.9 Å². The molecule has 0 bridgehead atoms. The number of nitrogens with zero attached hydrogens (tertiary/aromatic N) is 4. The molecule has 2 aromatic heterocycles. The van der Waals surface area contributed by atoms with Crippen molar-refractivity contribution in [2.24, 2.45) is 5.92 Å². The summed E-state index contributed by atoms with van der Waals surface area (Å²) in [4.78, 5) is 37.4. The van der Waals surface area contributed by atoms with Gasteiger partial charge in [0.05, 0.1) is 28.5 Å². The second-order valence-electron chi connectivity index (χ2n) is 10.9. The standard InChI is InChI=1S/C28H35N5O5S/c1-17(19-14-24(34)29-15-19)37-23-13-18(12-21-25(23)39-16-30-21)20-6-7-22(26(31-20)36-5)32-8-10-33(11-9-32)27(35)38-28(2,3)4/h6-7,12-13,16-17,19H,8-11,14-15H2,1-5H3,(H,29,34)/t17-,19?/m1/s1. The Bertz CT molecular complexity index is 1360. The summed E-state index contributed by atoms with van der Waals surface area (Å²) < 4.78 is 18.6. The SMILES string of the molecule is COc1nc(-c2cc(O[C@H](C)C3CNC(=O)C3)c3scnc3c2)ccc1N1CCN(C(=O)OC(C)(C)C)CC1. The quantitative estimate of drug-likeness (QED) is 0.481. The number of methoxy groups -OCH3 is 1. The number of benzene rings is 1. The van der Waals surface area contributed by atoms with Crippen LogP contribution in [0.2, 0.25) is 0 Å². The molecule has 39 heavy (non-hydrogen) atoms. The van der Waals surface area contributed by atoms with E-state index in [1.807, 2.05) is 52.0 Å².